The molecule has 2 aromatic rings. The zero-order chi connectivity index (χ0) is 11.7. The molecule has 1 aromatic heterocycles. The fourth-order valence-corrected chi connectivity index (χ4v) is 2.01. The van der Waals surface area contributed by atoms with Gasteiger partial charge >= 0.3 is 0 Å². The first-order valence-electron chi connectivity index (χ1n) is 5.63. The molecule has 3 rings (SSSR count). The van der Waals surface area contributed by atoms with Crippen molar-refractivity contribution in [2.75, 3.05) is 13.1 Å². The lowest BCUT2D eigenvalue weighted by atomic mass is 10.1. The number of halogens is 1. The minimum absolute atomic E-state index is 0.301. The molecule has 88 valence electrons. The Morgan fingerprint density at radius 2 is 2.35 bits per heavy atom. The standard InChI is InChI=1S/C12H12FN3O/c13-10-3-1-2-8(6-10)12-15-11(16-17-12)9-4-5-14-7-9/h1-3,6,9,14H,4-5,7H2. The van der Waals surface area contributed by atoms with E-state index in [0.29, 0.717) is 23.2 Å². The molecule has 1 aliphatic rings. The number of aromatic nitrogens is 2. The Balaban J connectivity index is 1.89. The van der Waals surface area contributed by atoms with Crippen LogP contribution in [0.2, 0.25) is 0 Å². The molecule has 1 unspecified atom stereocenters. The monoisotopic (exact) mass is 233 g/mol. The first kappa shape index (κ1) is 10.4. The van der Waals surface area contributed by atoms with Crippen LogP contribution in [0.5, 0.6) is 0 Å². The number of nitrogens with one attached hydrogen (secondary N) is 1. The predicted molar refractivity (Wildman–Crippen MR) is 59.9 cm³/mol. The van der Waals surface area contributed by atoms with E-state index in [4.69, 9.17) is 4.52 Å². The van der Waals surface area contributed by atoms with E-state index < -0.39 is 0 Å². The maximum absolute atomic E-state index is 13.1. The van der Waals surface area contributed by atoms with E-state index in [1.165, 1.54) is 12.1 Å². The molecule has 1 aliphatic heterocycles. The fourth-order valence-electron chi connectivity index (χ4n) is 2.01. The molecule has 1 atom stereocenters. The Morgan fingerprint density at radius 1 is 1.41 bits per heavy atom. The van der Waals surface area contributed by atoms with Gasteiger partial charge in [-0.25, -0.2) is 4.39 Å². The molecule has 1 saturated heterocycles. The SMILES string of the molecule is Fc1cccc(-c2nc(C3CCNC3)no2)c1. The molecular formula is C12H12FN3O. The van der Waals surface area contributed by atoms with E-state index >= 15 is 0 Å². The molecule has 0 amide bonds. The van der Waals surface area contributed by atoms with Gasteiger partial charge < -0.3 is 9.84 Å². The highest BCUT2D eigenvalue weighted by Crippen LogP contribution is 2.23. The normalized spacial score (nSPS) is 19.7. The highest BCUT2D eigenvalue weighted by Gasteiger charge is 2.22. The van der Waals surface area contributed by atoms with Gasteiger partial charge in [0, 0.05) is 18.0 Å². The Morgan fingerprint density at radius 3 is 3.12 bits per heavy atom. The third kappa shape index (κ3) is 2.06. The van der Waals surface area contributed by atoms with Crippen molar-refractivity contribution in [1.82, 2.24) is 15.5 Å². The number of rotatable bonds is 2. The largest absolute Gasteiger partial charge is 0.334 e. The minimum atomic E-state index is -0.301. The second-order valence-electron chi connectivity index (χ2n) is 4.16. The molecule has 17 heavy (non-hydrogen) atoms. The highest BCUT2D eigenvalue weighted by atomic mass is 19.1. The van der Waals surface area contributed by atoms with Gasteiger partial charge in [0.05, 0.1) is 0 Å². The molecule has 2 heterocycles. The number of hydrogen-bond acceptors (Lipinski definition) is 4. The molecule has 0 bridgehead atoms. The van der Waals surface area contributed by atoms with Gasteiger partial charge in [-0.3, -0.25) is 0 Å². The van der Waals surface area contributed by atoms with Gasteiger partial charge in [0.15, 0.2) is 5.82 Å². The summed E-state index contributed by atoms with van der Waals surface area (Å²) in [5, 5.41) is 7.20. The first-order valence-corrected chi connectivity index (χ1v) is 5.63. The third-order valence-electron chi connectivity index (χ3n) is 2.94. The van der Waals surface area contributed by atoms with Crippen LogP contribution in [-0.2, 0) is 0 Å². The summed E-state index contributed by atoms with van der Waals surface area (Å²) in [6.07, 6.45) is 1.02. The topological polar surface area (TPSA) is 51.0 Å². The lowest BCUT2D eigenvalue weighted by Crippen LogP contribution is -2.08. The second-order valence-corrected chi connectivity index (χ2v) is 4.16. The molecule has 0 spiro atoms. The van der Waals surface area contributed by atoms with Crippen LogP contribution in [0, 0.1) is 5.82 Å². The van der Waals surface area contributed by atoms with Crippen molar-refractivity contribution in [1.29, 1.82) is 0 Å². The van der Waals surface area contributed by atoms with E-state index in [-0.39, 0.29) is 5.82 Å². The maximum Gasteiger partial charge on any atom is 0.258 e. The Labute approximate surface area is 97.8 Å². The molecule has 0 saturated carbocycles. The summed E-state index contributed by atoms with van der Waals surface area (Å²) in [4.78, 5) is 4.32. The minimum Gasteiger partial charge on any atom is -0.334 e. The molecular weight excluding hydrogens is 221 g/mol. The molecule has 5 heteroatoms. The van der Waals surface area contributed by atoms with Gasteiger partial charge in [-0.15, -0.1) is 0 Å². The van der Waals surface area contributed by atoms with Crippen molar-refractivity contribution in [3.63, 3.8) is 0 Å². The van der Waals surface area contributed by atoms with Gasteiger partial charge in [0.2, 0.25) is 0 Å². The first-order chi connectivity index (χ1) is 8.33. The Hall–Kier alpha value is -1.75. The number of nitrogens with zero attached hydrogens (tertiary/aromatic N) is 2. The Kier molecular flexibility index (Phi) is 2.60. The van der Waals surface area contributed by atoms with E-state index in [1.807, 2.05) is 0 Å². The van der Waals surface area contributed by atoms with E-state index in [1.54, 1.807) is 12.1 Å². The van der Waals surface area contributed by atoms with Gasteiger partial charge in [-0.05, 0) is 31.2 Å². The van der Waals surface area contributed by atoms with Crippen molar-refractivity contribution < 1.29 is 8.91 Å². The lowest BCUT2D eigenvalue weighted by Gasteiger charge is -1.98. The quantitative estimate of drug-likeness (QED) is 0.861. The van der Waals surface area contributed by atoms with Crippen molar-refractivity contribution >= 4 is 0 Å². The summed E-state index contributed by atoms with van der Waals surface area (Å²) in [7, 11) is 0. The van der Waals surface area contributed by atoms with Crippen LogP contribution in [0.1, 0.15) is 18.2 Å². The van der Waals surface area contributed by atoms with Gasteiger partial charge in [-0.1, -0.05) is 11.2 Å². The average Bonchev–Trinajstić information content (AvgIpc) is 3.00. The zero-order valence-electron chi connectivity index (χ0n) is 9.19. The van der Waals surface area contributed by atoms with Gasteiger partial charge in [0.25, 0.3) is 5.89 Å². The van der Waals surface area contributed by atoms with Crippen molar-refractivity contribution in [3.05, 3.63) is 35.9 Å². The maximum atomic E-state index is 13.1. The lowest BCUT2D eigenvalue weighted by molar-refractivity contribution is 0.417. The van der Waals surface area contributed by atoms with Crippen LogP contribution in [-0.4, -0.2) is 23.2 Å². The molecule has 4 nitrogen and oxygen atoms in total. The summed E-state index contributed by atoms with van der Waals surface area (Å²) < 4.78 is 18.2. The summed E-state index contributed by atoms with van der Waals surface area (Å²) in [6, 6.07) is 6.17. The third-order valence-corrected chi connectivity index (χ3v) is 2.94. The molecule has 0 aliphatic carbocycles. The summed E-state index contributed by atoms with van der Waals surface area (Å²) >= 11 is 0. The summed E-state index contributed by atoms with van der Waals surface area (Å²) in [5.41, 5.74) is 0.620. The molecule has 0 radical (unpaired) electrons. The molecule has 1 N–H and O–H groups in total. The van der Waals surface area contributed by atoms with E-state index in [0.717, 1.165) is 19.5 Å². The van der Waals surface area contributed by atoms with Crippen LogP contribution in [0.4, 0.5) is 4.39 Å². The average molecular weight is 233 g/mol. The smallest absolute Gasteiger partial charge is 0.258 e. The van der Waals surface area contributed by atoms with Crippen LogP contribution in [0.15, 0.2) is 28.8 Å². The summed E-state index contributed by atoms with van der Waals surface area (Å²) in [6.45, 7) is 1.86. The van der Waals surface area contributed by atoms with Crippen molar-refractivity contribution in [3.8, 4) is 11.5 Å². The van der Waals surface area contributed by atoms with Crippen molar-refractivity contribution in [2.45, 2.75) is 12.3 Å². The van der Waals surface area contributed by atoms with Crippen molar-refractivity contribution in [2.24, 2.45) is 0 Å². The molecule has 1 aromatic carbocycles. The van der Waals surface area contributed by atoms with E-state index in [9.17, 15) is 4.39 Å². The highest BCUT2D eigenvalue weighted by molar-refractivity contribution is 5.52. The van der Waals surface area contributed by atoms with Gasteiger partial charge in [-0.2, -0.15) is 4.98 Å². The second kappa shape index (κ2) is 4.25. The number of benzene rings is 1. The molecule has 1 fully saturated rings. The van der Waals surface area contributed by atoms with E-state index in [2.05, 4.69) is 15.5 Å². The predicted octanol–water partition coefficient (Wildman–Crippen LogP) is 1.95. The van der Waals surface area contributed by atoms with Crippen LogP contribution < -0.4 is 5.32 Å². The number of hydrogen-bond donors (Lipinski definition) is 1. The van der Waals surface area contributed by atoms with Crippen LogP contribution in [0.25, 0.3) is 11.5 Å². The van der Waals surface area contributed by atoms with Crippen LogP contribution in [0.3, 0.4) is 0 Å². The fraction of sp³-hybridized carbons (Fsp3) is 0.333. The van der Waals surface area contributed by atoms with Crippen LogP contribution >= 0.6 is 0 Å². The summed E-state index contributed by atoms with van der Waals surface area (Å²) in [5.74, 6) is 1.09. The van der Waals surface area contributed by atoms with Gasteiger partial charge in [0.1, 0.15) is 5.82 Å². The zero-order valence-corrected chi connectivity index (χ0v) is 9.19. The Bertz CT molecular complexity index is 520.